The molecule has 1 heterocycles. The van der Waals surface area contributed by atoms with Crippen LogP contribution in [0.4, 0.5) is 0 Å². The predicted octanol–water partition coefficient (Wildman–Crippen LogP) is -0.0599. The predicted molar refractivity (Wildman–Crippen MR) is 45.5 cm³/mol. The van der Waals surface area contributed by atoms with Crippen molar-refractivity contribution in [2.75, 3.05) is 6.54 Å². The lowest BCUT2D eigenvalue weighted by Gasteiger charge is -2.22. The van der Waals surface area contributed by atoms with Crippen molar-refractivity contribution in [3.05, 3.63) is 0 Å². The second-order valence-electron chi connectivity index (χ2n) is 3.22. The average molecular weight is 203 g/mol. The summed E-state index contributed by atoms with van der Waals surface area (Å²) >= 11 is 0. The Morgan fingerprint density at radius 1 is 1.50 bits per heavy atom. The summed E-state index contributed by atoms with van der Waals surface area (Å²) in [5.41, 5.74) is 0. The molecule has 1 saturated heterocycles. The van der Waals surface area contributed by atoms with Crippen LogP contribution in [-0.2, 0) is 14.4 Å². The molecule has 0 aliphatic carbocycles. The highest BCUT2D eigenvalue weighted by Gasteiger charge is 2.33. The minimum atomic E-state index is -1.10. The zero-order valence-corrected chi connectivity index (χ0v) is 7.84. The molecular weight excluding hydrogens is 190 g/mol. The summed E-state index contributed by atoms with van der Waals surface area (Å²) in [6.45, 7) is 1.84. The quantitative estimate of drug-likeness (QED) is 0.665. The highest BCUT2D eigenvalue weighted by Crippen LogP contribution is 2.18. The van der Waals surface area contributed by atoms with Gasteiger partial charge in [-0.3, -0.25) is 9.63 Å². The van der Waals surface area contributed by atoms with Crippen LogP contribution in [0.3, 0.4) is 0 Å². The van der Waals surface area contributed by atoms with Gasteiger partial charge in [0.25, 0.3) is 0 Å². The van der Waals surface area contributed by atoms with E-state index in [0.29, 0.717) is 19.4 Å². The summed E-state index contributed by atoms with van der Waals surface area (Å²) in [5, 5.41) is 18.6. The highest BCUT2D eigenvalue weighted by molar-refractivity contribution is 5.74. The molecule has 0 bridgehead atoms. The number of carboxylic acid groups (broad SMARTS) is 2. The number of hydrogen-bond donors (Lipinski definition) is 2. The molecule has 0 spiro atoms. The van der Waals surface area contributed by atoms with E-state index in [4.69, 9.17) is 15.1 Å². The lowest BCUT2D eigenvalue weighted by atomic mass is 10.2. The molecule has 2 atom stereocenters. The molecule has 0 aromatic rings. The number of hydrogen-bond acceptors (Lipinski definition) is 4. The zero-order valence-electron chi connectivity index (χ0n) is 7.84. The first-order valence-electron chi connectivity index (χ1n) is 4.41. The number of carbonyl (C=O) groups is 2. The van der Waals surface area contributed by atoms with Crippen molar-refractivity contribution in [2.45, 2.75) is 31.9 Å². The van der Waals surface area contributed by atoms with E-state index in [9.17, 15) is 9.59 Å². The molecule has 0 amide bonds. The third-order valence-corrected chi connectivity index (χ3v) is 2.13. The molecule has 0 radical (unpaired) electrons. The summed E-state index contributed by atoms with van der Waals surface area (Å²) in [6, 6.07) is -0.711. The summed E-state index contributed by atoms with van der Waals surface area (Å²) in [7, 11) is 0. The van der Waals surface area contributed by atoms with Crippen molar-refractivity contribution in [1.29, 1.82) is 0 Å². The van der Waals surface area contributed by atoms with Crippen LogP contribution < -0.4 is 0 Å². The fraction of sp³-hybridized carbons (Fsp3) is 0.750. The Labute approximate surface area is 81.0 Å². The first kappa shape index (κ1) is 10.9. The Bertz CT molecular complexity index is 242. The van der Waals surface area contributed by atoms with Gasteiger partial charge in [-0.15, -0.1) is 0 Å². The third-order valence-electron chi connectivity index (χ3n) is 2.13. The molecule has 80 valence electrons. The second-order valence-corrected chi connectivity index (χ2v) is 3.22. The maximum absolute atomic E-state index is 10.7. The van der Waals surface area contributed by atoms with Crippen molar-refractivity contribution in [3.63, 3.8) is 0 Å². The van der Waals surface area contributed by atoms with Gasteiger partial charge in [0.1, 0.15) is 6.04 Å². The van der Waals surface area contributed by atoms with Gasteiger partial charge in [-0.1, -0.05) is 0 Å². The Morgan fingerprint density at radius 3 is 2.64 bits per heavy atom. The SMILES string of the molecule is CC(ON1CCC[C@H]1C(=O)O)C(=O)O. The third kappa shape index (κ3) is 2.43. The Morgan fingerprint density at radius 2 is 2.14 bits per heavy atom. The molecule has 6 heteroatoms. The van der Waals surface area contributed by atoms with E-state index in [-0.39, 0.29) is 0 Å². The van der Waals surface area contributed by atoms with Gasteiger partial charge in [0, 0.05) is 6.54 Å². The van der Waals surface area contributed by atoms with Gasteiger partial charge < -0.3 is 10.2 Å². The molecule has 1 aliphatic rings. The molecule has 1 aliphatic heterocycles. The molecule has 0 aromatic heterocycles. The zero-order chi connectivity index (χ0) is 10.7. The number of hydroxylamine groups is 2. The second kappa shape index (κ2) is 4.39. The van der Waals surface area contributed by atoms with Gasteiger partial charge in [-0.05, 0) is 19.8 Å². The van der Waals surface area contributed by atoms with Crippen molar-refractivity contribution in [1.82, 2.24) is 5.06 Å². The van der Waals surface area contributed by atoms with Crippen LogP contribution >= 0.6 is 0 Å². The largest absolute Gasteiger partial charge is 0.480 e. The van der Waals surface area contributed by atoms with Crippen molar-refractivity contribution in [2.24, 2.45) is 0 Å². The van der Waals surface area contributed by atoms with Gasteiger partial charge in [0.2, 0.25) is 0 Å². The number of aliphatic carboxylic acids is 2. The van der Waals surface area contributed by atoms with Crippen molar-refractivity contribution in [3.8, 4) is 0 Å². The van der Waals surface area contributed by atoms with Gasteiger partial charge >= 0.3 is 11.9 Å². The van der Waals surface area contributed by atoms with Crippen LogP contribution in [0.2, 0.25) is 0 Å². The molecule has 0 aromatic carbocycles. The van der Waals surface area contributed by atoms with E-state index < -0.39 is 24.1 Å². The van der Waals surface area contributed by atoms with Gasteiger partial charge in [0.05, 0.1) is 0 Å². The van der Waals surface area contributed by atoms with E-state index in [0.717, 1.165) is 0 Å². The van der Waals surface area contributed by atoms with Crippen LogP contribution in [0.15, 0.2) is 0 Å². The highest BCUT2D eigenvalue weighted by atomic mass is 16.7. The Balaban J connectivity index is 2.51. The lowest BCUT2D eigenvalue weighted by Crippen LogP contribution is -2.40. The maximum atomic E-state index is 10.7. The number of carboxylic acids is 2. The summed E-state index contributed by atoms with van der Waals surface area (Å²) in [6.07, 6.45) is 0.209. The maximum Gasteiger partial charge on any atom is 0.334 e. The van der Waals surface area contributed by atoms with E-state index in [1.807, 2.05) is 0 Å². The monoisotopic (exact) mass is 203 g/mol. The Hall–Kier alpha value is -1.14. The topological polar surface area (TPSA) is 87.1 Å². The van der Waals surface area contributed by atoms with Crippen molar-refractivity contribution >= 4 is 11.9 Å². The smallest absolute Gasteiger partial charge is 0.334 e. The van der Waals surface area contributed by atoms with Gasteiger partial charge in [0.15, 0.2) is 6.10 Å². The normalized spacial score (nSPS) is 24.8. The van der Waals surface area contributed by atoms with Gasteiger partial charge in [-0.25, -0.2) is 4.79 Å². The van der Waals surface area contributed by atoms with Crippen LogP contribution in [0.25, 0.3) is 0 Å². The molecule has 1 unspecified atom stereocenters. The van der Waals surface area contributed by atoms with E-state index in [1.165, 1.54) is 12.0 Å². The van der Waals surface area contributed by atoms with Crippen molar-refractivity contribution < 1.29 is 24.6 Å². The Kier molecular flexibility index (Phi) is 3.43. The minimum absolute atomic E-state index is 0.467. The fourth-order valence-corrected chi connectivity index (χ4v) is 1.36. The molecular formula is C8H13NO5. The summed E-state index contributed by atoms with van der Waals surface area (Å²) in [5.74, 6) is -2.07. The fourth-order valence-electron chi connectivity index (χ4n) is 1.36. The minimum Gasteiger partial charge on any atom is -0.480 e. The van der Waals surface area contributed by atoms with Crippen LogP contribution in [0.1, 0.15) is 19.8 Å². The molecule has 1 rings (SSSR count). The van der Waals surface area contributed by atoms with E-state index in [2.05, 4.69) is 0 Å². The molecule has 14 heavy (non-hydrogen) atoms. The van der Waals surface area contributed by atoms with Gasteiger partial charge in [-0.2, -0.15) is 5.06 Å². The van der Waals surface area contributed by atoms with Crippen LogP contribution in [0.5, 0.6) is 0 Å². The van der Waals surface area contributed by atoms with Crippen LogP contribution in [0, 0.1) is 0 Å². The summed E-state index contributed by atoms with van der Waals surface area (Å²) < 4.78 is 0. The van der Waals surface area contributed by atoms with Crippen LogP contribution in [-0.4, -0.2) is 45.9 Å². The molecule has 0 saturated carbocycles. The standard InChI is InChI=1S/C8H13NO5/c1-5(7(10)11)14-9-4-2-3-6(9)8(12)13/h5-6H,2-4H2,1H3,(H,10,11)(H,12,13)/t5?,6-/m0/s1. The lowest BCUT2D eigenvalue weighted by molar-refractivity contribution is -0.216. The van der Waals surface area contributed by atoms with E-state index in [1.54, 1.807) is 0 Å². The molecule has 1 fully saturated rings. The van der Waals surface area contributed by atoms with E-state index >= 15 is 0 Å². The number of rotatable bonds is 4. The average Bonchev–Trinajstić information content (AvgIpc) is 2.52. The molecule has 6 nitrogen and oxygen atoms in total. The molecule has 2 N–H and O–H groups in total. The first-order chi connectivity index (χ1) is 6.52. The first-order valence-corrected chi connectivity index (χ1v) is 4.41. The number of nitrogens with zero attached hydrogens (tertiary/aromatic N) is 1. The summed E-state index contributed by atoms with van der Waals surface area (Å²) in [4.78, 5) is 26.2.